The largest absolute Gasteiger partial charge is 0.285 e. The summed E-state index contributed by atoms with van der Waals surface area (Å²) >= 11 is 0. The molecule has 1 unspecified atom stereocenters. The van der Waals surface area contributed by atoms with Gasteiger partial charge in [0.25, 0.3) is 0 Å². The van der Waals surface area contributed by atoms with E-state index in [0.29, 0.717) is 8.58 Å². The smallest absolute Gasteiger partial charge is 0.168 e. The van der Waals surface area contributed by atoms with Crippen molar-refractivity contribution in [3.63, 3.8) is 0 Å². The van der Waals surface area contributed by atoms with Gasteiger partial charge in [-0.25, -0.2) is 0 Å². The summed E-state index contributed by atoms with van der Waals surface area (Å²) in [5, 5.41) is 1.52. The van der Waals surface area contributed by atoms with Crippen LogP contribution in [0.15, 0.2) is 42.6 Å². The van der Waals surface area contributed by atoms with Gasteiger partial charge in [0.05, 0.1) is 14.3 Å². The van der Waals surface area contributed by atoms with Gasteiger partial charge >= 0.3 is 56.5 Å². The Hall–Kier alpha value is -1.68. The van der Waals surface area contributed by atoms with E-state index in [9.17, 15) is 0 Å². The molecule has 0 spiro atoms. The van der Waals surface area contributed by atoms with E-state index in [0.717, 1.165) is 0 Å². The number of fused-ring (bicyclic) bond motifs is 3. The van der Waals surface area contributed by atoms with E-state index < -0.39 is 0 Å². The van der Waals surface area contributed by atoms with Gasteiger partial charge in [0.2, 0.25) is 0 Å². The van der Waals surface area contributed by atoms with Gasteiger partial charge in [-0.3, -0.25) is 4.57 Å². The van der Waals surface area contributed by atoms with Crippen LogP contribution in [0.3, 0.4) is 0 Å². The molecule has 114 valence electrons. The van der Waals surface area contributed by atoms with Crippen LogP contribution in [0.2, 0.25) is 0 Å². The molecule has 8 heteroatoms. The number of benzene rings is 1. The van der Waals surface area contributed by atoms with E-state index in [4.69, 9.17) is 23.3 Å². The molecule has 0 saturated carbocycles. The zero-order valence-corrected chi connectivity index (χ0v) is 15.6. The third-order valence-electron chi connectivity index (χ3n) is 2.28. The van der Waals surface area contributed by atoms with E-state index >= 15 is 0 Å². The second-order valence-electron chi connectivity index (χ2n) is 3.01. The van der Waals surface area contributed by atoms with Gasteiger partial charge in [0, 0.05) is 27.3 Å². The summed E-state index contributed by atoms with van der Waals surface area (Å²) in [6, 6.07) is 13.0. The standard InChI is InChI=1S/C10H8NP.5CO.W/c1-2-5-9-8(4-1)11-7-3-6-10(11)12-9;5*1-2;/h1-7,12H;;;;;;/p+1. The normalized spacial score (nSPS) is 8.09. The Morgan fingerprint density at radius 3 is 1.70 bits per heavy atom. The monoisotopic (exact) mass is 498 g/mol. The summed E-state index contributed by atoms with van der Waals surface area (Å²) in [4.78, 5) is 0. The third kappa shape index (κ3) is 9.14. The van der Waals surface area contributed by atoms with Crippen LogP contribution in [0, 0.1) is 33.3 Å². The van der Waals surface area contributed by atoms with E-state index in [-0.39, 0.29) is 21.1 Å². The molecule has 0 amide bonds. The van der Waals surface area contributed by atoms with Crippen LogP contribution in [0.4, 0.5) is 0 Å². The van der Waals surface area contributed by atoms with Crippen molar-refractivity contribution >= 4 is 19.3 Å². The Labute approximate surface area is 149 Å². The Bertz CT molecular complexity index is 608. The summed E-state index contributed by atoms with van der Waals surface area (Å²) < 4.78 is 39.8. The van der Waals surface area contributed by atoms with Crippen LogP contribution in [-0.4, -0.2) is 4.57 Å². The maximum atomic E-state index is 7.50. The molecule has 0 aliphatic carbocycles. The molecule has 0 saturated heterocycles. The fourth-order valence-electron chi connectivity index (χ4n) is 1.72. The zero-order chi connectivity index (χ0) is 18.0. The average molecular weight is 498 g/mol. The van der Waals surface area contributed by atoms with Crippen LogP contribution in [-0.2, 0) is 44.3 Å². The molecular formula is C15H9NO5PW+. The van der Waals surface area contributed by atoms with Crippen LogP contribution < -0.4 is 10.7 Å². The molecule has 1 aliphatic heterocycles. The number of rotatable bonds is 0. The Kier molecular flexibility index (Phi) is 28.8. The fourth-order valence-corrected chi connectivity index (χ4v) is 3.20. The maximum absolute atomic E-state index is 7.50. The van der Waals surface area contributed by atoms with E-state index in [1.807, 2.05) is 0 Å². The number of para-hydroxylation sites is 1. The molecule has 1 aromatic carbocycles. The minimum atomic E-state index is 0. The molecule has 2 aromatic rings. The molecule has 1 aromatic heterocycles. The van der Waals surface area contributed by atoms with Gasteiger partial charge in [0.1, 0.15) is 5.30 Å². The van der Waals surface area contributed by atoms with Gasteiger partial charge in [0.15, 0.2) is 5.44 Å². The van der Waals surface area contributed by atoms with Crippen molar-refractivity contribution in [1.82, 2.24) is 4.57 Å². The third-order valence-corrected chi connectivity index (χ3v) is 3.85. The van der Waals surface area contributed by atoms with E-state index in [1.165, 1.54) is 16.4 Å². The van der Waals surface area contributed by atoms with Crippen molar-refractivity contribution in [1.29, 1.82) is 0 Å². The molecule has 1 atom stereocenters. The van der Waals surface area contributed by atoms with Gasteiger partial charge in [-0.2, -0.15) is 0 Å². The summed E-state index contributed by atoms with van der Waals surface area (Å²) in [5.74, 6) is 0. The first kappa shape index (κ1) is 29.3. The number of hydrogen-bond donors (Lipinski definition) is 0. The first-order chi connectivity index (χ1) is 10.9. The molecule has 0 N–H and O–H groups in total. The summed E-state index contributed by atoms with van der Waals surface area (Å²) in [5.41, 5.74) is 2.86. The molecule has 6 nitrogen and oxygen atoms in total. The topological polar surface area (TPSA) is 104 Å². The first-order valence-electron chi connectivity index (χ1n) is 5.09. The van der Waals surface area contributed by atoms with Gasteiger partial charge in [-0.15, -0.1) is 0 Å². The number of hydrogen-bond acceptors (Lipinski definition) is 0. The predicted octanol–water partition coefficient (Wildman–Crippen LogP) is 0.962. The van der Waals surface area contributed by atoms with Crippen molar-refractivity contribution in [2.75, 3.05) is 0 Å². The van der Waals surface area contributed by atoms with Crippen molar-refractivity contribution < 1.29 is 44.3 Å². The van der Waals surface area contributed by atoms with Crippen LogP contribution in [0.5, 0.6) is 0 Å². The molecular weight excluding hydrogens is 489 g/mol. The molecule has 2 heterocycles. The number of nitrogens with zero attached hydrogens (tertiary/aromatic N) is 1. The average Bonchev–Trinajstić information content (AvgIpc) is 3.25. The minimum Gasteiger partial charge on any atom is -0.285 e. The Morgan fingerprint density at radius 2 is 1.17 bits per heavy atom. The molecule has 0 fully saturated rings. The van der Waals surface area contributed by atoms with Crippen LogP contribution >= 0.6 is 8.58 Å². The van der Waals surface area contributed by atoms with Crippen molar-refractivity contribution in [3.8, 4) is 5.69 Å². The van der Waals surface area contributed by atoms with Crippen LogP contribution in [0.1, 0.15) is 0 Å². The maximum Gasteiger partial charge on any atom is 0.168 e. The SMILES string of the molecule is [C-]#[O+].[C-]#[O+].[C-]#[O+].[C-]#[O+].[C-]#[O+].[W].c1ccc2c(c1)[PH2+]c1cccn1-2. The molecule has 0 bridgehead atoms. The Balaban J connectivity index is -0.000000144. The number of aromatic nitrogens is 1. The summed E-state index contributed by atoms with van der Waals surface area (Å²) in [6.07, 6.45) is 2.15. The summed E-state index contributed by atoms with van der Waals surface area (Å²) in [6.45, 7) is 22.5. The van der Waals surface area contributed by atoms with Crippen molar-refractivity contribution in [2.24, 2.45) is 0 Å². The molecule has 23 heavy (non-hydrogen) atoms. The Morgan fingerprint density at radius 1 is 0.696 bits per heavy atom. The zero-order valence-electron chi connectivity index (χ0n) is 11.5. The quantitative estimate of drug-likeness (QED) is 0.251. The van der Waals surface area contributed by atoms with Crippen LogP contribution in [0.25, 0.3) is 5.69 Å². The van der Waals surface area contributed by atoms with Gasteiger partial charge < -0.3 is 0 Å². The van der Waals surface area contributed by atoms with Gasteiger partial charge in [-0.1, -0.05) is 12.1 Å². The predicted molar refractivity (Wildman–Crippen MR) is 74.4 cm³/mol. The molecule has 3 rings (SSSR count). The molecule has 0 radical (unpaired) electrons. The first-order valence-corrected chi connectivity index (χ1v) is 6.24. The van der Waals surface area contributed by atoms with E-state index in [1.54, 1.807) is 0 Å². The minimum absolute atomic E-state index is 0. The second-order valence-corrected chi connectivity index (χ2v) is 4.51. The summed E-state index contributed by atoms with van der Waals surface area (Å²) in [7, 11) is 0.342. The van der Waals surface area contributed by atoms with E-state index in [2.05, 4.69) is 80.4 Å². The fraction of sp³-hybridized carbons (Fsp3) is 0. The van der Waals surface area contributed by atoms with Crippen molar-refractivity contribution in [3.05, 3.63) is 75.8 Å². The second kappa shape index (κ2) is 22.6. The van der Waals surface area contributed by atoms with Crippen molar-refractivity contribution in [2.45, 2.75) is 0 Å². The molecule has 1 aliphatic rings. The van der Waals surface area contributed by atoms with Gasteiger partial charge in [-0.05, 0) is 24.3 Å².